The Morgan fingerprint density at radius 3 is 2.61 bits per heavy atom. The molecule has 1 fully saturated rings. The first-order valence-corrected chi connectivity index (χ1v) is 12.7. The molecule has 4 rings (SSSR count). The largest absolute Gasteiger partial charge is 0.493 e. The van der Waals surface area contributed by atoms with Gasteiger partial charge in [-0.05, 0) is 87.9 Å². The maximum Gasteiger partial charge on any atom is 0.298 e. The van der Waals surface area contributed by atoms with Gasteiger partial charge in [0.25, 0.3) is 17.1 Å². The Labute approximate surface area is 229 Å². The summed E-state index contributed by atoms with van der Waals surface area (Å²) in [4.78, 5) is 39.0. The number of hydrogen-bond donors (Lipinski definition) is 1. The van der Waals surface area contributed by atoms with E-state index in [9.17, 15) is 14.4 Å². The van der Waals surface area contributed by atoms with Crippen molar-refractivity contribution < 1.29 is 23.9 Å². The van der Waals surface area contributed by atoms with Crippen LogP contribution in [0.2, 0.25) is 10.0 Å². The molecule has 0 spiro atoms. The zero-order chi connectivity index (χ0) is 25.8. The monoisotopic (exact) mass is 606 g/mol. The molecule has 11 heteroatoms. The summed E-state index contributed by atoms with van der Waals surface area (Å²) in [5.41, 5.74) is 1.55. The fraction of sp³-hybridized carbons (Fsp3) is 0.0800. The molecule has 184 valence electrons. The molecule has 0 saturated carbocycles. The predicted octanol–water partition coefficient (Wildman–Crippen LogP) is 7.02. The Bertz CT molecular complexity index is 1400. The van der Waals surface area contributed by atoms with E-state index in [0.717, 1.165) is 21.1 Å². The fourth-order valence-corrected chi connectivity index (χ4v) is 4.72. The van der Waals surface area contributed by atoms with Crippen molar-refractivity contribution >= 4 is 85.4 Å². The van der Waals surface area contributed by atoms with Gasteiger partial charge >= 0.3 is 0 Å². The predicted molar refractivity (Wildman–Crippen MR) is 146 cm³/mol. The summed E-state index contributed by atoms with van der Waals surface area (Å²) in [6, 6.07) is 16.5. The van der Waals surface area contributed by atoms with Crippen LogP contribution in [0, 0.1) is 0 Å². The molecule has 3 aromatic carbocycles. The number of halogens is 3. The highest BCUT2D eigenvalue weighted by atomic mass is 79.9. The third-order valence-corrected chi connectivity index (χ3v) is 7.24. The van der Waals surface area contributed by atoms with Crippen molar-refractivity contribution in [3.8, 4) is 11.5 Å². The molecule has 0 unspecified atom stereocenters. The molecule has 0 aromatic heterocycles. The number of benzene rings is 3. The van der Waals surface area contributed by atoms with Crippen LogP contribution in [0.3, 0.4) is 0 Å². The van der Waals surface area contributed by atoms with Gasteiger partial charge in [0.05, 0.1) is 22.7 Å². The van der Waals surface area contributed by atoms with E-state index in [1.807, 2.05) is 0 Å². The number of methoxy groups -OCH3 is 1. The van der Waals surface area contributed by atoms with Crippen molar-refractivity contribution in [3.63, 3.8) is 0 Å². The van der Waals surface area contributed by atoms with Gasteiger partial charge in [0.2, 0.25) is 0 Å². The number of rotatable bonds is 7. The highest BCUT2D eigenvalue weighted by molar-refractivity contribution is 9.10. The Morgan fingerprint density at radius 1 is 1.08 bits per heavy atom. The van der Waals surface area contributed by atoms with Crippen LogP contribution in [0.1, 0.15) is 5.56 Å². The minimum absolute atomic E-state index is 0.253. The lowest BCUT2D eigenvalue weighted by Gasteiger charge is -2.13. The summed E-state index contributed by atoms with van der Waals surface area (Å²) in [7, 11) is 1.46. The second kappa shape index (κ2) is 11.4. The molecule has 1 heterocycles. The van der Waals surface area contributed by atoms with Crippen LogP contribution < -0.4 is 19.7 Å². The Hall–Kier alpha value is -2.98. The topological polar surface area (TPSA) is 84.9 Å². The van der Waals surface area contributed by atoms with Crippen LogP contribution >= 0.6 is 50.9 Å². The first-order chi connectivity index (χ1) is 17.2. The number of anilines is 2. The van der Waals surface area contributed by atoms with Gasteiger partial charge in [-0.15, -0.1) is 0 Å². The number of nitrogens with one attached hydrogen (secondary N) is 1. The lowest BCUT2D eigenvalue weighted by Crippen LogP contribution is -2.27. The fourth-order valence-electron chi connectivity index (χ4n) is 3.26. The normalized spacial score (nSPS) is 14.3. The summed E-state index contributed by atoms with van der Waals surface area (Å²) >= 11 is 16.2. The van der Waals surface area contributed by atoms with Gasteiger partial charge in [-0.3, -0.25) is 14.4 Å². The first-order valence-electron chi connectivity index (χ1n) is 10.3. The second-order valence-electron chi connectivity index (χ2n) is 7.37. The van der Waals surface area contributed by atoms with E-state index in [1.54, 1.807) is 66.7 Å². The Morgan fingerprint density at radius 2 is 1.89 bits per heavy atom. The molecule has 1 aliphatic heterocycles. The highest BCUT2D eigenvalue weighted by Gasteiger charge is 2.36. The summed E-state index contributed by atoms with van der Waals surface area (Å²) in [6.45, 7) is -0.262. The van der Waals surface area contributed by atoms with Crippen LogP contribution in [0.25, 0.3) is 6.08 Å². The third kappa shape index (κ3) is 6.04. The van der Waals surface area contributed by atoms with Crippen LogP contribution in [-0.2, 0) is 9.59 Å². The van der Waals surface area contributed by atoms with Gasteiger partial charge < -0.3 is 14.8 Å². The van der Waals surface area contributed by atoms with Gasteiger partial charge in [0.15, 0.2) is 18.1 Å². The van der Waals surface area contributed by atoms with Crippen molar-refractivity contribution in [2.24, 2.45) is 0 Å². The van der Waals surface area contributed by atoms with Crippen LogP contribution in [0.4, 0.5) is 16.2 Å². The maximum absolute atomic E-state index is 12.9. The van der Waals surface area contributed by atoms with E-state index in [-0.39, 0.29) is 17.4 Å². The Kier molecular flexibility index (Phi) is 8.25. The molecule has 0 aliphatic carbocycles. The van der Waals surface area contributed by atoms with Crippen LogP contribution in [0.5, 0.6) is 11.5 Å². The number of ether oxygens (including phenoxy) is 2. The molecule has 36 heavy (non-hydrogen) atoms. The Balaban J connectivity index is 1.45. The van der Waals surface area contributed by atoms with E-state index in [4.69, 9.17) is 32.7 Å². The quantitative estimate of drug-likeness (QED) is 0.290. The average Bonchev–Trinajstić information content (AvgIpc) is 3.12. The number of carbonyl (C=O) groups is 3. The minimum atomic E-state index is -0.448. The molecule has 0 radical (unpaired) electrons. The number of thioether (sulfide) groups is 1. The number of nitrogens with zero attached hydrogens (tertiary/aromatic N) is 1. The molecule has 1 saturated heterocycles. The van der Waals surface area contributed by atoms with E-state index >= 15 is 0 Å². The van der Waals surface area contributed by atoms with Crippen molar-refractivity contribution in [2.75, 3.05) is 23.9 Å². The molecule has 3 amide bonds. The second-order valence-corrected chi connectivity index (χ2v) is 10.1. The van der Waals surface area contributed by atoms with Crippen molar-refractivity contribution in [3.05, 3.63) is 85.7 Å². The summed E-state index contributed by atoms with van der Waals surface area (Å²) in [6.07, 6.45) is 1.59. The highest BCUT2D eigenvalue weighted by Crippen LogP contribution is 2.37. The SMILES string of the molecule is COc1cc(/C=C2\SC(=O)N(c3cccc(Cl)c3)C2=O)ccc1OCC(=O)Nc1ccc(Br)c(Cl)c1. The summed E-state index contributed by atoms with van der Waals surface area (Å²) in [5, 5.41) is 3.18. The zero-order valence-electron chi connectivity index (χ0n) is 18.6. The maximum atomic E-state index is 12.9. The van der Waals surface area contributed by atoms with Gasteiger partial charge in [-0.2, -0.15) is 0 Å². The van der Waals surface area contributed by atoms with Crippen molar-refractivity contribution in [2.45, 2.75) is 0 Å². The van der Waals surface area contributed by atoms with Crippen molar-refractivity contribution in [1.82, 2.24) is 0 Å². The molecule has 1 N–H and O–H groups in total. The van der Waals surface area contributed by atoms with Crippen LogP contribution in [0.15, 0.2) is 70.0 Å². The number of carbonyl (C=O) groups excluding carboxylic acids is 3. The van der Waals surface area contributed by atoms with E-state index in [0.29, 0.717) is 38.5 Å². The molecule has 1 aliphatic rings. The molecular formula is C25H17BrCl2N2O5S. The van der Waals surface area contributed by atoms with Crippen molar-refractivity contribution in [1.29, 1.82) is 0 Å². The van der Waals surface area contributed by atoms with E-state index in [1.165, 1.54) is 7.11 Å². The standard InChI is InChI=1S/C25H17BrCl2N2O5S/c1-34-21-9-14(10-22-24(32)30(25(33)36-22)17-4-2-3-15(27)11-17)5-8-20(21)35-13-23(31)29-16-6-7-18(26)19(28)12-16/h2-12H,13H2,1H3,(H,29,31)/b22-10-. The van der Waals surface area contributed by atoms with Gasteiger partial charge in [-0.25, -0.2) is 4.90 Å². The molecule has 3 aromatic rings. The molecule has 0 atom stereocenters. The number of amides is 3. The van der Waals surface area contributed by atoms with Crippen LogP contribution in [-0.4, -0.2) is 30.8 Å². The first kappa shape index (κ1) is 26.1. The minimum Gasteiger partial charge on any atom is -0.493 e. The third-order valence-electron chi connectivity index (χ3n) is 4.91. The van der Waals surface area contributed by atoms with E-state index in [2.05, 4.69) is 21.2 Å². The molecule has 7 nitrogen and oxygen atoms in total. The van der Waals surface area contributed by atoms with Gasteiger partial charge in [0, 0.05) is 15.2 Å². The smallest absolute Gasteiger partial charge is 0.298 e. The molecular weight excluding hydrogens is 591 g/mol. The van der Waals surface area contributed by atoms with Gasteiger partial charge in [-0.1, -0.05) is 35.3 Å². The average molecular weight is 608 g/mol. The van der Waals surface area contributed by atoms with Gasteiger partial charge in [0.1, 0.15) is 0 Å². The summed E-state index contributed by atoms with van der Waals surface area (Å²) < 4.78 is 11.7. The molecule has 0 bridgehead atoms. The lowest BCUT2D eigenvalue weighted by atomic mass is 10.2. The number of hydrogen-bond acceptors (Lipinski definition) is 6. The number of imide groups is 1. The zero-order valence-corrected chi connectivity index (χ0v) is 22.5. The summed E-state index contributed by atoms with van der Waals surface area (Å²) in [5.74, 6) is -0.131. The lowest BCUT2D eigenvalue weighted by molar-refractivity contribution is -0.118. The van der Waals surface area contributed by atoms with E-state index < -0.39 is 11.1 Å².